The minimum Gasteiger partial charge on any atom is -0.455 e. The summed E-state index contributed by atoms with van der Waals surface area (Å²) >= 11 is 1.46. The van der Waals surface area contributed by atoms with Gasteiger partial charge in [-0.3, -0.25) is 4.79 Å². The summed E-state index contributed by atoms with van der Waals surface area (Å²) in [4.78, 5) is 12.3. The zero-order valence-electron chi connectivity index (χ0n) is 16.6. The first-order valence-corrected chi connectivity index (χ1v) is 10.8. The van der Waals surface area contributed by atoms with Crippen molar-refractivity contribution in [1.82, 2.24) is 15.5 Å². The number of amides is 1. The summed E-state index contributed by atoms with van der Waals surface area (Å²) in [7, 11) is 0. The van der Waals surface area contributed by atoms with Crippen LogP contribution in [-0.2, 0) is 12.2 Å². The van der Waals surface area contributed by atoms with Crippen LogP contribution in [0.5, 0.6) is 0 Å². The van der Waals surface area contributed by atoms with Crippen LogP contribution >= 0.6 is 11.8 Å². The first-order chi connectivity index (χ1) is 15.2. The Hall–Kier alpha value is -3.45. The van der Waals surface area contributed by atoms with E-state index in [0.29, 0.717) is 29.5 Å². The maximum atomic E-state index is 13.0. The van der Waals surface area contributed by atoms with Crippen LogP contribution in [0.15, 0.2) is 88.3 Å². The van der Waals surface area contributed by atoms with E-state index in [4.69, 9.17) is 4.42 Å². The van der Waals surface area contributed by atoms with Gasteiger partial charge in [-0.1, -0.05) is 42.1 Å². The van der Waals surface area contributed by atoms with Crippen molar-refractivity contribution < 1.29 is 13.6 Å². The Labute approximate surface area is 183 Å². The zero-order valence-corrected chi connectivity index (χ0v) is 17.4. The van der Waals surface area contributed by atoms with Crippen molar-refractivity contribution in [2.45, 2.75) is 17.2 Å². The maximum absolute atomic E-state index is 13.0. The molecule has 1 N–H and O–H groups in total. The highest BCUT2D eigenvalue weighted by Crippen LogP contribution is 2.24. The SMILES string of the molecule is O=C(NCCc1ccccc1)c1ccc(CSc2ccc(-c3ccc(F)cc3)nn2)o1. The minimum atomic E-state index is -0.286. The molecule has 31 heavy (non-hydrogen) atoms. The van der Waals surface area contributed by atoms with Gasteiger partial charge in [-0.05, 0) is 60.5 Å². The van der Waals surface area contributed by atoms with Crippen LogP contribution in [0.2, 0.25) is 0 Å². The second-order valence-electron chi connectivity index (χ2n) is 6.81. The number of rotatable bonds is 8. The van der Waals surface area contributed by atoms with Gasteiger partial charge in [0.2, 0.25) is 0 Å². The molecule has 0 aliphatic rings. The average Bonchev–Trinajstić information content (AvgIpc) is 3.29. The van der Waals surface area contributed by atoms with Crippen molar-refractivity contribution in [1.29, 1.82) is 0 Å². The fourth-order valence-electron chi connectivity index (χ4n) is 2.95. The van der Waals surface area contributed by atoms with Crippen LogP contribution in [0.25, 0.3) is 11.3 Å². The molecule has 0 saturated carbocycles. The topological polar surface area (TPSA) is 68.0 Å². The largest absolute Gasteiger partial charge is 0.455 e. The predicted molar refractivity (Wildman–Crippen MR) is 118 cm³/mol. The highest BCUT2D eigenvalue weighted by atomic mass is 32.2. The molecule has 0 saturated heterocycles. The first-order valence-electron chi connectivity index (χ1n) is 9.81. The second kappa shape index (κ2) is 10.0. The Morgan fingerprint density at radius 3 is 2.48 bits per heavy atom. The molecule has 2 heterocycles. The number of carbonyl (C=O) groups is 1. The van der Waals surface area contributed by atoms with Crippen molar-refractivity contribution in [3.05, 3.63) is 102 Å². The number of furan rings is 1. The summed E-state index contributed by atoms with van der Waals surface area (Å²) in [5.74, 6) is 0.994. The molecule has 1 amide bonds. The van der Waals surface area contributed by atoms with E-state index in [9.17, 15) is 9.18 Å². The van der Waals surface area contributed by atoms with Gasteiger partial charge in [0.05, 0.1) is 11.4 Å². The van der Waals surface area contributed by atoms with E-state index in [-0.39, 0.29) is 11.7 Å². The van der Waals surface area contributed by atoms with Gasteiger partial charge in [0.15, 0.2) is 5.76 Å². The van der Waals surface area contributed by atoms with Crippen LogP contribution in [-0.4, -0.2) is 22.6 Å². The lowest BCUT2D eigenvalue weighted by Crippen LogP contribution is -2.25. The predicted octanol–water partition coefficient (Wildman–Crippen LogP) is 5.14. The van der Waals surface area contributed by atoms with Gasteiger partial charge < -0.3 is 9.73 Å². The number of benzene rings is 2. The summed E-state index contributed by atoms with van der Waals surface area (Å²) in [5.41, 5.74) is 2.65. The Kier molecular flexibility index (Phi) is 6.74. The Morgan fingerprint density at radius 2 is 1.74 bits per heavy atom. The molecule has 4 aromatic rings. The number of hydrogen-bond donors (Lipinski definition) is 1. The standard InChI is InChI=1S/C24H20FN3O2S/c25-19-8-6-18(7-9-19)21-11-13-23(28-27-21)31-16-20-10-12-22(30-20)24(29)26-15-14-17-4-2-1-3-5-17/h1-13H,14-16H2,(H,26,29). The van der Waals surface area contributed by atoms with E-state index < -0.39 is 0 Å². The van der Waals surface area contributed by atoms with Gasteiger partial charge in [0, 0.05) is 12.1 Å². The van der Waals surface area contributed by atoms with Crippen molar-refractivity contribution >= 4 is 17.7 Å². The Balaban J connectivity index is 1.27. The van der Waals surface area contributed by atoms with Crippen LogP contribution in [0.1, 0.15) is 21.9 Å². The maximum Gasteiger partial charge on any atom is 0.287 e. The molecule has 156 valence electrons. The molecule has 0 atom stereocenters. The lowest BCUT2D eigenvalue weighted by molar-refractivity contribution is 0.0925. The molecular formula is C24H20FN3O2S. The summed E-state index contributed by atoms with van der Waals surface area (Å²) in [6.45, 7) is 0.545. The molecule has 0 fully saturated rings. The van der Waals surface area contributed by atoms with Gasteiger partial charge in [-0.2, -0.15) is 0 Å². The molecule has 0 bridgehead atoms. The number of hydrogen-bond acceptors (Lipinski definition) is 5. The quantitative estimate of drug-likeness (QED) is 0.390. The molecule has 0 radical (unpaired) electrons. The van der Waals surface area contributed by atoms with E-state index >= 15 is 0 Å². The van der Waals surface area contributed by atoms with Crippen LogP contribution in [0.3, 0.4) is 0 Å². The lowest BCUT2D eigenvalue weighted by atomic mass is 10.1. The first kappa shape index (κ1) is 20.8. The van der Waals surface area contributed by atoms with Crippen molar-refractivity contribution in [3.63, 3.8) is 0 Å². The van der Waals surface area contributed by atoms with Crippen LogP contribution in [0.4, 0.5) is 4.39 Å². The Bertz CT molecular complexity index is 1130. The molecule has 4 rings (SSSR count). The number of halogens is 1. The summed E-state index contributed by atoms with van der Waals surface area (Å²) < 4.78 is 18.7. The molecule has 0 spiro atoms. The van der Waals surface area contributed by atoms with E-state index in [1.165, 1.54) is 29.5 Å². The molecule has 2 aromatic heterocycles. The third kappa shape index (κ3) is 5.79. The van der Waals surface area contributed by atoms with E-state index in [2.05, 4.69) is 15.5 Å². The third-order valence-corrected chi connectivity index (χ3v) is 5.51. The fraction of sp³-hybridized carbons (Fsp3) is 0.125. The van der Waals surface area contributed by atoms with Gasteiger partial charge in [-0.25, -0.2) is 4.39 Å². The lowest BCUT2D eigenvalue weighted by Gasteiger charge is -2.03. The highest BCUT2D eigenvalue weighted by Gasteiger charge is 2.11. The van der Waals surface area contributed by atoms with Gasteiger partial charge in [0.1, 0.15) is 16.6 Å². The monoisotopic (exact) mass is 433 g/mol. The van der Waals surface area contributed by atoms with Crippen molar-refractivity contribution in [2.24, 2.45) is 0 Å². The normalized spacial score (nSPS) is 10.7. The Morgan fingerprint density at radius 1 is 0.935 bits per heavy atom. The van der Waals surface area contributed by atoms with Crippen LogP contribution in [0, 0.1) is 5.82 Å². The van der Waals surface area contributed by atoms with Crippen molar-refractivity contribution in [3.8, 4) is 11.3 Å². The van der Waals surface area contributed by atoms with Gasteiger partial charge in [0.25, 0.3) is 5.91 Å². The van der Waals surface area contributed by atoms with E-state index in [0.717, 1.165) is 17.0 Å². The van der Waals surface area contributed by atoms with Crippen molar-refractivity contribution in [2.75, 3.05) is 6.54 Å². The third-order valence-electron chi connectivity index (χ3n) is 4.57. The fourth-order valence-corrected chi connectivity index (χ4v) is 3.65. The molecule has 0 unspecified atom stereocenters. The number of nitrogens with zero attached hydrogens (tertiary/aromatic N) is 2. The average molecular weight is 434 g/mol. The molecular weight excluding hydrogens is 413 g/mol. The number of aromatic nitrogens is 2. The molecule has 0 aliphatic carbocycles. The van der Waals surface area contributed by atoms with E-state index in [1.54, 1.807) is 24.3 Å². The highest BCUT2D eigenvalue weighted by molar-refractivity contribution is 7.98. The van der Waals surface area contributed by atoms with Crippen LogP contribution < -0.4 is 5.32 Å². The molecule has 2 aromatic carbocycles. The number of carbonyl (C=O) groups excluding carboxylic acids is 1. The molecule has 7 heteroatoms. The number of nitrogens with one attached hydrogen (secondary N) is 1. The summed E-state index contributed by atoms with van der Waals surface area (Å²) in [6, 6.07) is 23.3. The van der Waals surface area contributed by atoms with Gasteiger partial charge in [-0.15, -0.1) is 10.2 Å². The second-order valence-corrected chi connectivity index (χ2v) is 7.81. The van der Waals surface area contributed by atoms with E-state index in [1.807, 2.05) is 42.5 Å². The van der Waals surface area contributed by atoms with Gasteiger partial charge >= 0.3 is 0 Å². The number of thioether (sulfide) groups is 1. The molecule has 0 aliphatic heterocycles. The molecule has 5 nitrogen and oxygen atoms in total. The summed E-state index contributed by atoms with van der Waals surface area (Å²) in [6.07, 6.45) is 0.766. The zero-order chi connectivity index (χ0) is 21.5. The minimum absolute atomic E-state index is 0.226. The summed E-state index contributed by atoms with van der Waals surface area (Å²) in [5, 5.41) is 12.0. The smallest absolute Gasteiger partial charge is 0.287 e.